The molecule has 0 unspecified atom stereocenters. The fraction of sp³-hybridized carbons (Fsp3) is 0.500. The van der Waals surface area contributed by atoms with E-state index in [4.69, 9.17) is 13.9 Å². The second kappa shape index (κ2) is 8.59. The quantitative estimate of drug-likeness (QED) is 0.555. The molecular weight excluding hydrogens is 360 g/mol. The zero-order valence-electron chi connectivity index (χ0n) is 16.6. The van der Waals surface area contributed by atoms with Gasteiger partial charge in [0, 0.05) is 29.4 Å². The van der Waals surface area contributed by atoms with Crippen molar-refractivity contribution in [2.24, 2.45) is 0 Å². The molecule has 0 N–H and O–H groups in total. The number of benzene rings is 1. The number of aryl methyl sites for hydroxylation is 2. The first-order valence-corrected chi connectivity index (χ1v) is 9.83. The van der Waals surface area contributed by atoms with Crippen LogP contribution in [-0.2, 0) is 20.7 Å². The molecule has 6 heteroatoms. The number of hydrogen-bond acceptors (Lipinski definition) is 6. The Morgan fingerprint density at radius 3 is 2.68 bits per heavy atom. The Morgan fingerprint density at radius 2 is 1.96 bits per heavy atom. The summed E-state index contributed by atoms with van der Waals surface area (Å²) in [7, 11) is 0. The molecule has 0 saturated heterocycles. The highest BCUT2D eigenvalue weighted by molar-refractivity contribution is 5.87. The van der Waals surface area contributed by atoms with Crippen molar-refractivity contribution in [3.8, 4) is 5.75 Å². The van der Waals surface area contributed by atoms with E-state index < -0.39 is 11.7 Å². The molecule has 2 aromatic rings. The third-order valence-corrected chi connectivity index (χ3v) is 5.31. The molecule has 0 amide bonds. The van der Waals surface area contributed by atoms with Crippen LogP contribution in [0.15, 0.2) is 21.3 Å². The van der Waals surface area contributed by atoms with Gasteiger partial charge in [-0.1, -0.05) is 0 Å². The van der Waals surface area contributed by atoms with Gasteiger partial charge in [-0.15, -0.1) is 0 Å². The average molecular weight is 386 g/mol. The maximum Gasteiger partial charge on any atom is 0.339 e. The Bertz CT molecular complexity index is 956. The topological polar surface area (TPSA) is 82.8 Å². The molecule has 1 fully saturated rings. The molecule has 1 atom stereocenters. The number of Topliss-reactive ketones (excluding diaryl/α,β-unsaturated/α-hetero) is 1. The van der Waals surface area contributed by atoms with Gasteiger partial charge >= 0.3 is 11.6 Å². The second-order valence-electron chi connectivity index (χ2n) is 7.18. The SMILES string of the molecule is CCOC(=O)CCc1c(C)c2ccc(O[C@H]3CCCCC3=O)c(C)c2oc1=O. The predicted octanol–water partition coefficient (Wildman–Crippen LogP) is 3.80. The number of ether oxygens (including phenoxy) is 2. The van der Waals surface area contributed by atoms with Crippen LogP contribution in [0.25, 0.3) is 11.0 Å². The number of carbonyl (C=O) groups excluding carboxylic acids is 2. The summed E-state index contributed by atoms with van der Waals surface area (Å²) in [5.74, 6) is 0.353. The Labute approximate surface area is 163 Å². The number of ketones is 1. The Balaban J connectivity index is 1.91. The van der Waals surface area contributed by atoms with Gasteiger partial charge in [0.15, 0.2) is 11.9 Å². The van der Waals surface area contributed by atoms with Crippen LogP contribution in [-0.4, -0.2) is 24.5 Å². The molecule has 0 bridgehead atoms. The maximum atomic E-state index is 12.5. The van der Waals surface area contributed by atoms with E-state index in [-0.39, 0.29) is 24.6 Å². The Kier molecular flexibility index (Phi) is 6.17. The van der Waals surface area contributed by atoms with Crippen molar-refractivity contribution in [3.05, 3.63) is 39.2 Å². The van der Waals surface area contributed by atoms with Crippen molar-refractivity contribution < 1.29 is 23.5 Å². The lowest BCUT2D eigenvalue weighted by molar-refractivity contribution is -0.143. The molecular formula is C22H26O6. The molecule has 0 radical (unpaired) electrons. The number of esters is 1. The zero-order valence-corrected chi connectivity index (χ0v) is 16.6. The smallest absolute Gasteiger partial charge is 0.339 e. The van der Waals surface area contributed by atoms with E-state index in [0.717, 1.165) is 23.8 Å². The van der Waals surface area contributed by atoms with Crippen molar-refractivity contribution >= 4 is 22.7 Å². The molecule has 1 saturated carbocycles. The van der Waals surface area contributed by atoms with E-state index in [0.29, 0.717) is 41.9 Å². The maximum absolute atomic E-state index is 12.5. The first-order valence-electron chi connectivity index (χ1n) is 9.83. The number of rotatable bonds is 6. The van der Waals surface area contributed by atoms with Gasteiger partial charge < -0.3 is 13.9 Å². The standard InChI is InChI=1S/C22H26O6/c1-4-26-20(24)12-10-16-13(2)15-9-11-18(14(3)21(15)28-22(16)25)27-19-8-6-5-7-17(19)23/h9,11,19H,4-8,10,12H2,1-3H3/t19-/m0/s1. The van der Waals surface area contributed by atoms with E-state index in [2.05, 4.69) is 0 Å². The average Bonchev–Trinajstić information content (AvgIpc) is 2.66. The second-order valence-corrected chi connectivity index (χ2v) is 7.18. The van der Waals surface area contributed by atoms with Gasteiger partial charge in [0.25, 0.3) is 0 Å². The van der Waals surface area contributed by atoms with Crippen LogP contribution in [0, 0.1) is 13.8 Å². The van der Waals surface area contributed by atoms with Gasteiger partial charge in [0.1, 0.15) is 11.3 Å². The van der Waals surface area contributed by atoms with Gasteiger partial charge in [-0.05, 0) is 64.2 Å². The van der Waals surface area contributed by atoms with Crippen LogP contribution < -0.4 is 10.4 Å². The first-order chi connectivity index (χ1) is 13.4. The van der Waals surface area contributed by atoms with Crippen molar-refractivity contribution in [2.75, 3.05) is 6.61 Å². The van der Waals surface area contributed by atoms with Gasteiger partial charge in [-0.25, -0.2) is 4.79 Å². The number of fused-ring (bicyclic) bond motifs is 1. The molecule has 3 rings (SSSR count). The van der Waals surface area contributed by atoms with E-state index in [9.17, 15) is 14.4 Å². The number of hydrogen-bond donors (Lipinski definition) is 0. The Hall–Kier alpha value is -2.63. The molecule has 1 aromatic heterocycles. The molecule has 0 spiro atoms. The minimum absolute atomic E-state index is 0.123. The molecule has 1 aromatic carbocycles. The minimum atomic E-state index is -0.455. The predicted molar refractivity (Wildman–Crippen MR) is 105 cm³/mol. The fourth-order valence-electron chi connectivity index (χ4n) is 3.68. The van der Waals surface area contributed by atoms with E-state index >= 15 is 0 Å². The minimum Gasteiger partial charge on any atom is -0.482 e. The summed E-state index contributed by atoms with van der Waals surface area (Å²) in [5.41, 5.74) is 1.98. The molecule has 0 aliphatic heterocycles. The lowest BCUT2D eigenvalue weighted by Gasteiger charge is -2.23. The van der Waals surface area contributed by atoms with E-state index in [1.807, 2.05) is 26.0 Å². The molecule has 1 heterocycles. The third kappa shape index (κ3) is 4.11. The van der Waals surface area contributed by atoms with Crippen LogP contribution in [0.4, 0.5) is 0 Å². The largest absolute Gasteiger partial charge is 0.482 e. The highest BCUT2D eigenvalue weighted by Crippen LogP contribution is 2.31. The summed E-state index contributed by atoms with van der Waals surface area (Å²) in [6.45, 7) is 5.74. The molecule has 6 nitrogen and oxygen atoms in total. The zero-order chi connectivity index (χ0) is 20.3. The molecule has 150 valence electrons. The molecule has 1 aliphatic carbocycles. The van der Waals surface area contributed by atoms with Crippen molar-refractivity contribution in [2.45, 2.75) is 65.4 Å². The van der Waals surface area contributed by atoms with Gasteiger partial charge in [-0.2, -0.15) is 0 Å². The summed E-state index contributed by atoms with van der Waals surface area (Å²) < 4.78 is 16.5. The first kappa shape index (κ1) is 20.1. The summed E-state index contributed by atoms with van der Waals surface area (Å²) in [4.78, 5) is 36.2. The van der Waals surface area contributed by atoms with Gasteiger partial charge in [0.2, 0.25) is 0 Å². The van der Waals surface area contributed by atoms with Crippen molar-refractivity contribution in [1.82, 2.24) is 0 Å². The highest BCUT2D eigenvalue weighted by Gasteiger charge is 2.25. The fourth-order valence-corrected chi connectivity index (χ4v) is 3.68. The van der Waals surface area contributed by atoms with Gasteiger partial charge in [-0.3, -0.25) is 9.59 Å². The van der Waals surface area contributed by atoms with Gasteiger partial charge in [0.05, 0.1) is 6.61 Å². The Morgan fingerprint density at radius 1 is 1.18 bits per heavy atom. The summed E-state index contributed by atoms with van der Waals surface area (Å²) in [6.07, 6.45) is 3.13. The lowest BCUT2D eigenvalue weighted by atomic mass is 9.96. The number of carbonyl (C=O) groups is 2. The third-order valence-electron chi connectivity index (χ3n) is 5.31. The van der Waals surface area contributed by atoms with Crippen LogP contribution in [0.3, 0.4) is 0 Å². The van der Waals surface area contributed by atoms with Crippen LogP contribution >= 0.6 is 0 Å². The highest BCUT2D eigenvalue weighted by atomic mass is 16.5. The van der Waals surface area contributed by atoms with Crippen molar-refractivity contribution in [3.63, 3.8) is 0 Å². The van der Waals surface area contributed by atoms with E-state index in [1.54, 1.807) is 6.92 Å². The van der Waals surface area contributed by atoms with Crippen molar-refractivity contribution in [1.29, 1.82) is 0 Å². The summed E-state index contributed by atoms with van der Waals surface area (Å²) in [5, 5.41) is 0.804. The van der Waals surface area contributed by atoms with Crippen LogP contribution in [0.2, 0.25) is 0 Å². The molecule has 1 aliphatic rings. The lowest BCUT2D eigenvalue weighted by Crippen LogP contribution is -2.30. The monoisotopic (exact) mass is 386 g/mol. The summed E-state index contributed by atoms with van der Waals surface area (Å²) in [6, 6.07) is 3.67. The summed E-state index contributed by atoms with van der Waals surface area (Å²) >= 11 is 0. The van der Waals surface area contributed by atoms with E-state index in [1.165, 1.54) is 0 Å². The molecule has 28 heavy (non-hydrogen) atoms. The normalized spacial score (nSPS) is 17.0. The van der Waals surface area contributed by atoms with Crippen LogP contribution in [0.1, 0.15) is 55.7 Å². The van der Waals surface area contributed by atoms with Crippen LogP contribution in [0.5, 0.6) is 5.75 Å².